The van der Waals surface area contributed by atoms with Crippen LogP contribution in [0.3, 0.4) is 0 Å². The summed E-state index contributed by atoms with van der Waals surface area (Å²) in [7, 11) is 3.49. The smallest absolute Gasteiger partial charge is 0.325 e. The van der Waals surface area contributed by atoms with E-state index in [0.29, 0.717) is 42.9 Å². The molecular formula is C23H31N5O5. The number of amides is 5. The summed E-state index contributed by atoms with van der Waals surface area (Å²) < 4.78 is 5.36. The molecule has 2 heterocycles. The number of carbonyl (C=O) groups excluding carboxylic acids is 4. The molecule has 0 bridgehead atoms. The second-order valence-corrected chi connectivity index (χ2v) is 9.07. The van der Waals surface area contributed by atoms with Crippen LogP contribution in [0, 0.1) is 0 Å². The molecule has 0 aromatic heterocycles. The first-order valence-electron chi connectivity index (χ1n) is 11.4. The highest BCUT2D eigenvalue weighted by Crippen LogP contribution is 2.36. The molecule has 5 amide bonds. The Morgan fingerprint density at radius 1 is 1.12 bits per heavy atom. The minimum atomic E-state index is -1.01. The number of nitrogens with one attached hydrogen (secondary N) is 2. The van der Waals surface area contributed by atoms with Crippen molar-refractivity contribution in [2.45, 2.75) is 44.2 Å². The fourth-order valence-corrected chi connectivity index (χ4v) is 4.80. The summed E-state index contributed by atoms with van der Waals surface area (Å²) in [5.41, 5.74) is -0.127. The van der Waals surface area contributed by atoms with Gasteiger partial charge < -0.3 is 25.2 Å². The summed E-state index contributed by atoms with van der Waals surface area (Å²) in [5.74, 6) is -0.615. The minimum Gasteiger partial charge on any atom is -0.495 e. The molecular weight excluding hydrogens is 426 g/mol. The van der Waals surface area contributed by atoms with Crippen molar-refractivity contribution in [1.82, 2.24) is 20.0 Å². The van der Waals surface area contributed by atoms with E-state index in [0.717, 1.165) is 30.8 Å². The predicted octanol–water partition coefficient (Wildman–Crippen LogP) is 1.27. The fraction of sp³-hybridized carbons (Fsp3) is 0.565. The number of benzene rings is 1. The molecule has 10 heteroatoms. The second kappa shape index (κ2) is 9.01. The van der Waals surface area contributed by atoms with Crippen LogP contribution in [0.5, 0.6) is 5.75 Å². The lowest BCUT2D eigenvalue weighted by Crippen LogP contribution is -2.48. The van der Waals surface area contributed by atoms with Crippen molar-refractivity contribution in [1.29, 1.82) is 0 Å². The summed E-state index contributed by atoms with van der Waals surface area (Å²) in [6.45, 7) is 4.39. The van der Waals surface area contributed by atoms with Crippen LogP contribution in [0.25, 0.3) is 0 Å². The largest absolute Gasteiger partial charge is 0.495 e. The zero-order valence-electron chi connectivity index (χ0n) is 19.3. The van der Waals surface area contributed by atoms with Crippen LogP contribution < -0.4 is 15.4 Å². The van der Waals surface area contributed by atoms with Gasteiger partial charge in [0.25, 0.3) is 11.8 Å². The number of imide groups is 1. The Hall–Kier alpha value is -3.14. The number of methoxy groups -OCH3 is 1. The number of piperazine rings is 1. The van der Waals surface area contributed by atoms with Gasteiger partial charge >= 0.3 is 6.03 Å². The average molecular weight is 458 g/mol. The first-order chi connectivity index (χ1) is 15.8. The van der Waals surface area contributed by atoms with Crippen LogP contribution >= 0.6 is 0 Å². The highest BCUT2D eigenvalue weighted by molar-refractivity contribution is 6.11. The van der Waals surface area contributed by atoms with E-state index in [-0.39, 0.29) is 11.8 Å². The number of rotatable bonds is 5. The lowest BCUT2D eigenvalue weighted by atomic mass is 9.97. The number of hydrogen-bond acceptors (Lipinski definition) is 6. The maximum absolute atomic E-state index is 13.0. The van der Waals surface area contributed by atoms with Crippen molar-refractivity contribution in [3.8, 4) is 5.75 Å². The van der Waals surface area contributed by atoms with Gasteiger partial charge in [-0.15, -0.1) is 0 Å². The van der Waals surface area contributed by atoms with E-state index in [9.17, 15) is 19.2 Å². The van der Waals surface area contributed by atoms with Crippen LogP contribution in [-0.4, -0.2) is 90.4 Å². The molecule has 1 unspecified atom stereocenters. The van der Waals surface area contributed by atoms with Gasteiger partial charge in [-0.1, -0.05) is 12.8 Å². The molecule has 0 radical (unpaired) electrons. The molecule has 33 heavy (non-hydrogen) atoms. The molecule has 4 rings (SSSR count). The second-order valence-electron chi connectivity index (χ2n) is 9.07. The Balaban J connectivity index is 1.50. The fourth-order valence-electron chi connectivity index (χ4n) is 4.80. The average Bonchev–Trinajstić information content (AvgIpc) is 3.37. The number of ether oxygens (including phenoxy) is 1. The molecule has 1 spiro atoms. The summed E-state index contributed by atoms with van der Waals surface area (Å²) in [6, 6.07) is 3.31. The first-order valence-corrected chi connectivity index (χ1v) is 11.4. The van der Waals surface area contributed by atoms with Gasteiger partial charge in [0.1, 0.15) is 17.3 Å². The highest BCUT2D eigenvalue weighted by atomic mass is 16.5. The Kier molecular flexibility index (Phi) is 6.29. The van der Waals surface area contributed by atoms with E-state index in [4.69, 9.17) is 4.74 Å². The molecule has 2 N–H and O–H groups in total. The monoisotopic (exact) mass is 457 g/mol. The highest BCUT2D eigenvalue weighted by Gasteiger charge is 2.54. The van der Waals surface area contributed by atoms with Gasteiger partial charge in [0, 0.05) is 31.7 Å². The summed E-state index contributed by atoms with van der Waals surface area (Å²) in [5, 5.41) is 5.54. The van der Waals surface area contributed by atoms with Crippen LogP contribution in [0.15, 0.2) is 18.2 Å². The van der Waals surface area contributed by atoms with Crippen molar-refractivity contribution < 1.29 is 23.9 Å². The molecule has 1 aromatic rings. The lowest BCUT2D eigenvalue weighted by molar-refractivity contribution is -0.136. The van der Waals surface area contributed by atoms with E-state index in [1.54, 1.807) is 23.1 Å². The number of likely N-dealkylation sites (N-methyl/N-ethyl adjacent to an activating group) is 1. The van der Waals surface area contributed by atoms with E-state index >= 15 is 0 Å². The van der Waals surface area contributed by atoms with Gasteiger partial charge in [0.05, 0.1) is 12.8 Å². The molecule has 3 fully saturated rings. The van der Waals surface area contributed by atoms with Crippen molar-refractivity contribution >= 4 is 29.4 Å². The number of carbonyl (C=O) groups is 4. The third-order valence-electron chi connectivity index (χ3n) is 6.91. The van der Waals surface area contributed by atoms with E-state index in [1.165, 1.54) is 14.0 Å². The molecule has 2 saturated heterocycles. The minimum absolute atomic E-state index is 0.119. The molecule has 3 aliphatic rings. The summed E-state index contributed by atoms with van der Waals surface area (Å²) in [4.78, 5) is 56.5. The van der Waals surface area contributed by atoms with Gasteiger partial charge in [0.2, 0.25) is 5.91 Å². The summed E-state index contributed by atoms with van der Waals surface area (Å²) >= 11 is 0. The Morgan fingerprint density at radius 3 is 2.42 bits per heavy atom. The quantitative estimate of drug-likeness (QED) is 0.645. The van der Waals surface area contributed by atoms with E-state index < -0.39 is 23.5 Å². The van der Waals surface area contributed by atoms with Crippen LogP contribution in [0.4, 0.5) is 10.5 Å². The normalized spacial score (nSPS) is 21.3. The van der Waals surface area contributed by atoms with E-state index in [2.05, 4.69) is 15.5 Å². The molecule has 2 aliphatic heterocycles. The third kappa shape index (κ3) is 4.27. The Bertz CT molecular complexity index is 966. The Morgan fingerprint density at radius 2 is 1.79 bits per heavy atom. The van der Waals surface area contributed by atoms with Gasteiger partial charge in [-0.25, -0.2) is 9.69 Å². The lowest BCUT2D eigenvalue weighted by Gasteiger charge is -2.32. The van der Waals surface area contributed by atoms with Crippen molar-refractivity contribution in [2.24, 2.45) is 0 Å². The molecule has 1 saturated carbocycles. The Labute approximate surface area is 193 Å². The molecule has 1 aliphatic carbocycles. The van der Waals surface area contributed by atoms with Gasteiger partial charge in [0.15, 0.2) is 0 Å². The first kappa shape index (κ1) is 23.0. The molecule has 1 aromatic carbocycles. The number of nitrogens with zero attached hydrogens (tertiary/aromatic N) is 3. The SMILES string of the molecule is COc1ccc(C(=O)N2CCN(C)CC2)cc1NC(=O)C(C)N1C(=O)NC2(CCCC2)C1=O. The number of anilines is 1. The van der Waals surface area contributed by atoms with Gasteiger partial charge in [-0.05, 0) is 45.0 Å². The van der Waals surface area contributed by atoms with Crippen LogP contribution in [0.1, 0.15) is 43.0 Å². The molecule has 178 valence electrons. The van der Waals surface area contributed by atoms with Crippen LogP contribution in [0.2, 0.25) is 0 Å². The van der Waals surface area contributed by atoms with Crippen LogP contribution in [-0.2, 0) is 9.59 Å². The number of urea groups is 1. The maximum Gasteiger partial charge on any atom is 0.325 e. The number of hydrogen-bond donors (Lipinski definition) is 2. The molecule has 10 nitrogen and oxygen atoms in total. The maximum atomic E-state index is 13.0. The predicted molar refractivity (Wildman–Crippen MR) is 121 cm³/mol. The van der Waals surface area contributed by atoms with Crippen molar-refractivity contribution in [3.63, 3.8) is 0 Å². The van der Waals surface area contributed by atoms with E-state index in [1.807, 2.05) is 7.05 Å². The topological polar surface area (TPSA) is 111 Å². The van der Waals surface area contributed by atoms with Crippen molar-refractivity contribution in [3.05, 3.63) is 23.8 Å². The van der Waals surface area contributed by atoms with Crippen molar-refractivity contribution in [2.75, 3.05) is 45.7 Å². The third-order valence-corrected chi connectivity index (χ3v) is 6.91. The standard InChI is InChI=1S/C23H31N5O5/c1-15(28-21(31)23(25-22(28)32)8-4-5-9-23)19(29)24-17-14-16(6-7-18(17)33-3)20(30)27-12-10-26(2)11-13-27/h6-7,14-15H,4-5,8-13H2,1-3H3,(H,24,29)(H,25,32). The van der Waals surface area contributed by atoms with Gasteiger partial charge in [-0.3, -0.25) is 14.4 Å². The zero-order chi connectivity index (χ0) is 23.8. The summed E-state index contributed by atoms with van der Waals surface area (Å²) in [6.07, 6.45) is 2.91. The van der Waals surface area contributed by atoms with Gasteiger partial charge in [-0.2, -0.15) is 0 Å². The molecule has 1 atom stereocenters. The zero-order valence-corrected chi connectivity index (χ0v) is 19.3.